The van der Waals surface area contributed by atoms with E-state index in [9.17, 15) is 40.1 Å². The fourth-order valence-corrected chi connectivity index (χ4v) is 8.14. The van der Waals surface area contributed by atoms with E-state index in [1.165, 1.54) is 42.0 Å². The van der Waals surface area contributed by atoms with E-state index in [4.69, 9.17) is 0 Å². The molecule has 0 radical (unpaired) electrons. The average molecular weight is 644 g/mol. The molecule has 5 rings (SSSR count). The smallest absolute Gasteiger partial charge is 0.298 e. The summed E-state index contributed by atoms with van der Waals surface area (Å²) in [5.74, 6) is 0. The summed E-state index contributed by atoms with van der Waals surface area (Å²) < 4.78 is 97.4. The molecule has 3 aromatic rings. The zero-order valence-corrected chi connectivity index (χ0v) is 24.9. The molecule has 12 nitrogen and oxygen atoms in total. The van der Waals surface area contributed by atoms with Crippen molar-refractivity contribution >= 4 is 54.1 Å². The number of benzene rings is 1. The lowest BCUT2D eigenvalue weighted by Crippen LogP contribution is -2.41. The first-order valence-electron chi connectivity index (χ1n) is 12.6. The first-order valence-corrected chi connectivity index (χ1v) is 16.4. The van der Waals surface area contributed by atoms with Gasteiger partial charge in [0, 0.05) is 36.7 Å². The molecule has 42 heavy (non-hydrogen) atoms. The zero-order valence-electron chi connectivity index (χ0n) is 22.4. The van der Waals surface area contributed by atoms with Crippen molar-refractivity contribution in [3.63, 3.8) is 0 Å². The van der Waals surface area contributed by atoms with Gasteiger partial charge in [-0.1, -0.05) is 11.3 Å². The highest BCUT2D eigenvalue weighted by atomic mass is 32.2. The fourth-order valence-electron chi connectivity index (χ4n) is 4.74. The number of carbonyl (C=O) groups is 1. The number of aromatic nitrogens is 4. The van der Waals surface area contributed by atoms with Gasteiger partial charge in [0.1, 0.15) is 17.5 Å². The minimum atomic E-state index is -4.76. The first kappa shape index (κ1) is 30.2. The van der Waals surface area contributed by atoms with Crippen LogP contribution in [0, 0.1) is 11.3 Å². The number of hydrogen-bond acceptors (Lipinski definition) is 10. The van der Waals surface area contributed by atoms with Crippen LogP contribution in [-0.2, 0) is 38.1 Å². The molecule has 18 heteroatoms. The quantitative estimate of drug-likeness (QED) is 0.363. The summed E-state index contributed by atoms with van der Waals surface area (Å²) in [6, 6.07) is 4.48. The number of nitriles is 1. The number of nitrogens with one attached hydrogen (secondary N) is 1. The number of fused-ring (bicyclic) bond motifs is 1. The van der Waals surface area contributed by atoms with E-state index in [0.29, 0.717) is 30.2 Å². The van der Waals surface area contributed by atoms with Crippen LogP contribution in [0.15, 0.2) is 22.6 Å². The highest BCUT2D eigenvalue weighted by Crippen LogP contribution is 2.42. The second-order valence-electron chi connectivity index (χ2n) is 10.3. The average Bonchev–Trinajstić information content (AvgIpc) is 3.34. The highest BCUT2D eigenvalue weighted by molar-refractivity contribution is 7.90. The Balaban J connectivity index is 1.75. The van der Waals surface area contributed by atoms with Crippen LogP contribution < -0.4 is 4.72 Å². The Kier molecular flexibility index (Phi) is 7.33. The van der Waals surface area contributed by atoms with Crippen molar-refractivity contribution in [3.05, 3.63) is 28.3 Å². The topological polar surface area (TPSA) is 168 Å². The third-order valence-corrected chi connectivity index (χ3v) is 11.9. The number of rotatable bonds is 8. The molecule has 0 amide bonds. The van der Waals surface area contributed by atoms with Crippen molar-refractivity contribution in [2.45, 2.75) is 55.0 Å². The summed E-state index contributed by atoms with van der Waals surface area (Å²) in [5.41, 5.74) is -0.331. The molecule has 0 unspecified atom stereocenters. The number of halogens is 3. The number of hydrogen-bond donors (Lipinski definition) is 1. The van der Waals surface area contributed by atoms with E-state index >= 15 is 0 Å². The molecule has 2 aromatic heterocycles. The maximum absolute atomic E-state index is 13.5. The minimum absolute atomic E-state index is 0.0114. The van der Waals surface area contributed by atoms with E-state index in [1.54, 1.807) is 0 Å². The summed E-state index contributed by atoms with van der Waals surface area (Å²) in [7, 11) is -6.54. The number of aldehydes is 1. The van der Waals surface area contributed by atoms with Gasteiger partial charge in [-0.05, 0) is 50.8 Å². The lowest BCUT2D eigenvalue weighted by atomic mass is 9.93. The Morgan fingerprint density at radius 1 is 1.19 bits per heavy atom. The highest BCUT2D eigenvalue weighted by Gasteiger charge is 2.47. The molecule has 1 saturated carbocycles. The van der Waals surface area contributed by atoms with Crippen molar-refractivity contribution in [1.29, 1.82) is 5.26 Å². The molecule has 1 aromatic carbocycles. The Morgan fingerprint density at radius 2 is 1.88 bits per heavy atom. The molecular formula is C24H24F3N7O5S3. The van der Waals surface area contributed by atoms with Gasteiger partial charge in [-0.2, -0.15) is 32.6 Å². The Labute approximate surface area is 242 Å². The molecule has 1 aliphatic heterocycles. The Morgan fingerprint density at radius 3 is 2.43 bits per heavy atom. The van der Waals surface area contributed by atoms with Gasteiger partial charge in [0.05, 0.1) is 21.7 Å². The maximum Gasteiger partial charge on any atom is 0.445 e. The molecule has 1 fully saturated rings. The lowest BCUT2D eigenvalue weighted by molar-refractivity contribution is -0.138. The summed E-state index contributed by atoms with van der Waals surface area (Å²) in [6.07, 6.45) is -3.59. The van der Waals surface area contributed by atoms with E-state index in [0.717, 1.165) is 0 Å². The molecular weight excluding hydrogens is 620 g/mol. The van der Waals surface area contributed by atoms with Crippen molar-refractivity contribution in [2.75, 3.05) is 13.1 Å². The minimum Gasteiger partial charge on any atom is -0.298 e. The zero-order chi connectivity index (χ0) is 30.8. The normalized spacial score (nSPS) is 18.0. The van der Waals surface area contributed by atoms with Crippen molar-refractivity contribution in [1.82, 2.24) is 29.0 Å². The van der Waals surface area contributed by atoms with Crippen LogP contribution in [0.1, 0.15) is 43.7 Å². The van der Waals surface area contributed by atoms with E-state index in [1.807, 2.05) is 6.07 Å². The van der Waals surface area contributed by atoms with Crippen molar-refractivity contribution in [2.24, 2.45) is 7.05 Å². The molecule has 2 aliphatic rings. The predicted molar refractivity (Wildman–Crippen MR) is 146 cm³/mol. The summed E-state index contributed by atoms with van der Waals surface area (Å²) >= 11 is 0.238. The second-order valence-corrected chi connectivity index (χ2v) is 15.5. The van der Waals surface area contributed by atoms with Crippen LogP contribution in [0.3, 0.4) is 0 Å². The van der Waals surface area contributed by atoms with Crippen LogP contribution in [0.2, 0.25) is 0 Å². The largest absolute Gasteiger partial charge is 0.445 e. The molecule has 1 N–H and O–H groups in total. The van der Waals surface area contributed by atoms with E-state index in [-0.39, 0.29) is 63.0 Å². The molecule has 0 spiro atoms. The number of aryl methyl sites for hydroxylation is 1. The standard InChI is InChI=1S/C24H24F3N7O5S3/c1-13(2)42(38,39)34-7-4-16(14(10-34)11-35)17-8-15(41(36,37)32-23(12-28)5-6-23)9-18-19(31-33(3)20(17)18)21-29-30-22(40-21)24(25,26)27/h8-9,11,13,32H,4-7,10H2,1-3H3. The number of carbonyl (C=O) groups excluding carboxylic acids is 1. The van der Waals surface area contributed by atoms with Crippen LogP contribution in [0.25, 0.3) is 27.2 Å². The number of alkyl halides is 3. The third kappa shape index (κ3) is 5.24. The fraction of sp³-hybridized carbons (Fsp3) is 0.458. The maximum atomic E-state index is 13.5. The van der Waals surface area contributed by atoms with Gasteiger partial charge in [0.25, 0.3) is 0 Å². The molecule has 1 aliphatic carbocycles. The molecule has 0 saturated heterocycles. The Hall–Kier alpha value is -3.24. The molecule has 3 heterocycles. The molecule has 0 atom stereocenters. The predicted octanol–water partition coefficient (Wildman–Crippen LogP) is 2.84. The Bertz CT molecular complexity index is 1900. The van der Waals surface area contributed by atoms with Crippen LogP contribution in [0.4, 0.5) is 13.2 Å². The van der Waals surface area contributed by atoms with Gasteiger partial charge in [-0.25, -0.2) is 16.8 Å². The summed E-state index contributed by atoms with van der Waals surface area (Å²) in [6.45, 7) is 2.80. The monoisotopic (exact) mass is 643 g/mol. The summed E-state index contributed by atoms with van der Waals surface area (Å²) in [5, 5.41) is 18.6. The molecule has 224 valence electrons. The van der Waals surface area contributed by atoms with Gasteiger partial charge in [0.2, 0.25) is 25.1 Å². The molecule has 0 bridgehead atoms. The van der Waals surface area contributed by atoms with Gasteiger partial charge < -0.3 is 0 Å². The van der Waals surface area contributed by atoms with Gasteiger partial charge in [-0.3, -0.25) is 9.48 Å². The second kappa shape index (κ2) is 10.2. The number of sulfonamides is 2. The SMILES string of the molecule is CC(C)S(=O)(=O)N1CCC(c2cc(S(=O)(=O)NC3(C#N)CC3)cc3c(-c4nnc(C(F)(F)F)s4)nn(C)c23)=C(C=O)C1. The first-order chi connectivity index (χ1) is 19.5. The van der Waals surface area contributed by atoms with Crippen LogP contribution >= 0.6 is 11.3 Å². The third-order valence-electron chi connectivity index (χ3n) is 7.15. The van der Waals surface area contributed by atoms with Gasteiger partial charge in [0.15, 0.2) is 5.01 Å². The van der Waals surface area contributed by atoms with Crippen LogP contribution in [0.5, 0.6) is 0 Å². The van der Waals surface area contributed by atoms with Crippen molar-refractivity contribution < 1.29 is 34.8 Å². The van der Waals surface area contributed by atoms with Crippen molar-refractivity contribution in [3.8, 4) is 16.8 Å². The van der Waals surface area contributed by atoms with Gasteiger partial charge >= 0.3 is 6.18 Å². The summed E-state index contributed by atoms with van der Waals surface area (Å²) in [4.78, 5) is 11.9. The lowest BCUT2D eigenvalue weighted by Gasteiger charge is -2.30. The van der Waals surface area contributed by atoms with E-state index in [2.05, 4.69) is 20.0 Å². The van der Waals surface area contributed by atoms with E-state index < -0.39 is 42.0 Å². The number of nitrogens with zero attached hydrogens (tertiary/aromatic N) is 6. The van der Waals surface area contributed by atoms with Crippen LogP contribution in [-0.4, -0.2) is 71.3 Å². The van der Waals surface area contributed by atoms with Gasteiger partial charge in [-0.15, -0.1) is 10.2 Å².